The minimum Gasteiger partial charge on any atom is -0.198 e. The molecule has 0 atom stereocenters. The molecule has 0 amide bonds. The SMILES string of the molecule is CC(C)(C#N)CCN=NCCCC#N. The number of nitrogens with zero attached hydrogens (tertiary/aromatic N) is 4. The smallest absolute Gasteiger partial charge is 0.0684 e. The van der Waals surface area contributed by atoms with Gasteiger partial charge in [0.05, 0.1) is 30.6 Å². The van der Waals surface area contributed by atoms with Gasteiger partial charge in [0, 0.05) is 6.42 Å². The zero-order valence-electron chi connectivity index (χ0n) is 8.82. The first kappa shape index (κ1) is 12.6. The van der Waals surface area contributed by atoms with Gasteiger partial charge in [0.25, 0.3) is 0 Å². The van der Waals surface area contributed by atoms with Crippen LogP contribution in [0.5, 0.6) is 0 Å². The molecule has 0 aromatic heterocycles. The summed E-state index contributed by atoms with van der Waals surface area (Å²) in [6.07, 6.45) is 2.02. The van der Waals surface area contributed by atoms with Crippen molar-refractivity contribution in [2.75, 3.05) is 13.1 Å². The average molecular weight is 192 g/mol. The van der Waals surface area contributed by atoms with Crippen LogP contribution in [0.15, 0.2) is 10.2 Å². The molecule has 0 fully saturated rings. The van der Waals surface area contributed by atoms with E-state index in [9.17, 15) is 0 Å². The van der Waals surface area contributed by atoms with E-state index in [2.05, 4.69) is 16.3 Å². The minimum absolute atomic E-state index is 0.314. The summed E-state index contributed by atoms with van der Waals surface area (Å²) in [5, 5.41) is 24.8. The van der Waals surface area contributed by atoms with Crippen molar-refractivity contribution in [3.05, 3.63) is 0 Å². The number of nitriles is 2. The number of azo groups is 1. The van der Waals surface area contributed by atoms with E-state index in [1.807, 2.05) is 19.9 Å². The van der Waals surface area contributed by atoms with Crippen molar-refractivity contribution in [2.45, 2.75) is 33.1 Å². The second-order valence-electron chi connectivity index (χ2n) is 3.74. The van der Waals surface area contributed by atoms with Crippen LogP contribution < -0.4 is 0 Å². The second kappa shape index (κ2) is 7.03. The fourth-order valence-electron chi connectivity index (χ4n) is 0.756. The molecule has 0 aromatic carbocycles. The third kappa shape index (κ3) is 7.24. The molecule has 0 radical (unpaired) electrons. The number of hydrogen-bond donors (Lipinski definition) is 0. The average Bonchev–Trinajstić information content (AvgIpc) is 2.16. The van der Waals surface area contributed by atoms with Gasteiger partial charge in [-0.1, -0.05) is 0 Å². The second-order valence-corrected chi connectivity index (χ2v) is 3.74. The normalized spacial score (nSPS) is 11.1. The first-order valence-electron chi connectivity index (χ1n) is 4.74. The van der Waals surface area contributed by atoms with Gasteiger partial charge in [0.2, 0.25) is 0 Å². The Kier molecular flexibility index (Phi) is 6.32. The molecule has 4 heteroatoms. The van der Waals surface area contributed by atoms with E-state index < -0.39 is 0 Å². The van der Waals surface area contributed by atoms with Gasteiger partial charge < -0.3 is 0 Å². The Morgan fingerprint density at radius 1 is 1.14 bits per heavy atom. The van der Waals surface area contributed by atoms with Crippen LogP contribution in [0.3, 0.4) is 0 Å². The fourth-order valence-corrected chi connectivity index (χ4v) is 0.756. The van der Waals surface area contributed by atoms with Crippen LogP contribution >= 0.6 is 0 Å². The molecule has 0 aliphatic rings. The molecular weight excluding hydrogens is 176 g/mol. The molecule has 0 saturated heterocycles. The van der Waals surface area contributed by atoms with Gasteiger partial charge in [0.1, 0.15) is 0 Å². The van der Waals surface area contributed by atoms with Gasteiger partial charge in [-0.05, 0) is 26.7 Å². The van der Waals surface area contributed by atoms with E-state index >= 15 is 0 Å². The van der Waals surface area contributed by atoms with E-state index in [4.69, 9.17) is 10.5 Å². The lowest BCUT2D eigenvalue weighted by Gasteiger charge is -2.11. The van der Waals surface area contributed by atoms with E-state index in [1.54, 1.807) is 0 Å². The summed E-state index contributed by atoms with van der Waals surface area (Å²) in [6, 6.07) is 4.26. The quantitative estimate of drug-likeness (QED) is 0.479. The first-order chi connectivity index (χ1) is 6.62. The monoisotopic (exact) mass is 192 g/mol. The molecule has 0 aromatic rings. The van der Waals surface area contributed by atoms with Crippen molar-refractivity contribution < 1.29 is 0 Å². The third-order valence-corrected chi connectivity index (χ3v) is 1.79. The highest BCUT2D eigenvalue weighted by Crippen LogP contribution is 2.17. The van der Waals surface area contributed by atoms with E-state index in [0.717, 1.165) is 12.8 Å². The zero-order chi connectivity index (χ0) is 10.9. The highest BCUT2D eigenvalue weighted by atomic mass is 15.1. The van der Waals surface area contributed by atoms with Crippen LogP contribution in [0.2, 0.25) is 0 Å². The molecular formula is C10H16N4. The van der Waals surface area contributed by atoms with Crippen molar-refractivity contribution in [3.63, 3.8) is 0 Å². The van der Waals surface area contributed by atoms with Crippen molar-refractivity contribution in [1.29, 1.82) is 10.5 Å². The molecule has 0 rings (SSSR count). The summed E-state index contributed by atoms with van der Waals surface area (Å²) in [6.45, 7) is 4.98. The molecule has 0 aliphatic heterocycles. The zero-order valence-corrected chi connectivity index (χ0v) is 8.82. The fraction of sp³-hybridized carbons (Fsp3) is 0.800. The van der Waals surface area contributed by atoms with Crippen LogP contribution in [-0.4, -0.2) is 13.1 Å². The largest absolute Gasteiger partial charge is 0.198 e. The predicted octanol–water partition coefficient (Wildman–Crippen LogP) is 2.68. The molecule has 0 saturated carbocycles. The van der Waals surface area contributed by atoms with Gasteiger partial charge in [0.15, 0.2) is 0 Å². The minimum atomic E-state index is -0.314. The predicted molar refractivity (Wildman–Crippen MR) is 53.4 cm³/mol. The van der Waals surface area contributed by atoms with E-state index in [1.165, 1.54) is 0 Å². The molecule has 14 heavy (non-hydrogen) atoms. The summed E-state index contributed by atoms with van der Waals surface area (Å²) in [7, 11) is 0. The Morgan fingerprint density at radius 3 is 2.36 bits per heavy atom. The highest BCUT2D eigenvalue weighted by molar-refractivity contribution is 4.91. The summed E-state index contributed by atoms with van der Waals surface area (Å²) >= 11 is 0. The molecule has 0 heterocycles. The standard InChI is InChI=1S/C10H16N4/c1-10(2,9-12)5-8-14-13-7-4-3-6-11/h3-5,7-8H2,1-2H3. The van der Waals surface area contributed by atoms with Gasteiger partial charge in [-0.15, -0.1) is 0 Å². The highest BCUT2D eigenvalue weighted by Gasteiger charge is 2.15. The Balaban J connectivity index is 3.46. The Labute approximate surface area is 85.3 Å². The molecule has 0 N–H and O–H groups in total. The Morgan fingerprint density at radius 2 is 1.79 bits per heavy atom. The van der Waals surface area contributed by atoms with Crippen LogP contribution in [0.1, 0.15) is 33.1 Å². The van der Waals surface area contributed by atoms with Gasteiger partial charge in [-0.2, -0.15) is 20.8 Å². The maximum Gasteiger partial charge on any atom is 0.0684 e. The lowest BCUT2D eigenvalue weighted by atomic mass is 9.92. The third-order valence-electron chi connectivity index (χ3n) is 1.79. The van der Waals surface area contributed by atoms with Gasteiger partial charge in [-0.25, -0.2) is 0 Å². The van der Waals surface area contributed by atoms with Gasteiger partial charge in [-0.3, -0.25) is 0 Å². The summed E-state index contributed by atoms with van der Waals surface area (Å²) in [4.78, 5) is 0. The van der Waals surface area contributed by atoms with Crippen molar-refractivity contribution in [1.82, 2.24) is 0 Å². The molecule has 0 bridgehead atoms. The van der Waals surface area contributed by atoms with Crippen LogP contribution in [0, 0.1) is 28.1 Å². The lowest BCUT2D eigenvalue weighted by Crippen LogP contribution is -2.08. The lowest BCUT2D eigenvalue weighted by molar-refractivity contribution is 0.455. The van der Waals surface area contributed by atoms with Crippen molar-refractivity contribution >= 4 is 0 Å². The maximum absolute atomic E-state index is 8.71. The van der Waals surface area contributed by atoms with Gasteiger partial charge >= 0.3 is 0 Å². The first-order valence-corrected chi connectivity index (χ1v) is 4.74. The van der Waals surface area contributed by atoms with Crippen molar-refractivity contribution in [3.8, 4) is 12.1 Å². The van der Waals surface area contributed by atoms with E-state index in [-0.39, 0.29) is 5.41 Å². The molecule has 4 nitrogen and oxygen atoms in total. The van der Waals surface area contributed by atoms with Crippen molar-refractivity contribution in [2.24, 2.45) is 15.6 Å². The van der Waals surface area contributed by atoms with E-state index in [0.29, 0.717) is 19.5 Å². The summed E-state index contributed by atoms with van der Waals surface area (Å²) in [5.41, 5.74) is -0.314. The number of rotatable bonds is 6. The molecule has 76 valence electrons. The Hall–Kier alpha value is -1.42. The number of unbranched alkanes of at least 4 members (excludes halogenated alkanes) is 1. The molecule has 0 spiro atoms. The van der Waals surface area contributed by atoms with Crippen LogP contribution in [0.4, 0.5) is 0 Å². The maximum atomic E-state index is 8.71. The van der Waals surface area contributed by atoms with Crippen LogP contribution in [-0.2, 0) is 0 Å². The summed E-state index contributed by atoms with van der Waals surface area (Å²) < 4.78 is 0. The topological polar surface area (TPSA) is 72.3 Å². The Bertz CT molecular complexity index is 254. The number of hydrogen-bond acceptors (Lipinski definition) is 4. The molecule has 0 unspecified atom stereocenters. The van der Waals surface area contributed by atoms with Crippen LogP contribution in [0.25, 0.3) is 0 Å². The summed E-state index contributed by atoms with van der Waals surface area (Å²) in [5.74, 6) is 0. The molecule has 0 aliphatic carbocycles.